The predicted molar refractivity (Wildman–Crippen MR) is 51.4 cm³/mol. The average molecular weight is 185 g/mol. The highest BCUT2D eigenvalue weighted by atomic mass is 16.4. The molecule has 3 nitrogen and oxygen atoms in total. The lowest BCUT2D eigenvalue weighted by atomic mass is 9.68. The molecule has 0 amide bonds. The molecule has 2 atom stereocenters. The Hall–Kier alpha value is -0.570. The zero-order valence-electron chi connectivity index (χ0n) is 8.25. The lowest BCUT2D eigenvalue weighted by Crippen LogP contribution is -2.37. The van der Waals surface area contributed by atoms with E-state index in [2.05, 4.69) is 6.92 Å². The number of carboxylic acids is 1. The van der Waals surface area contributed by atoms with Crippen LogP contribution in [0.2, 0.25) is 0 Å². The van der Waals surface area contributed by atoms with Crippen LogP contribution in [0.5, 0.6) is 0 Å². The number of nitrogens with two attached hydrogens (primary N) is 1. The van der Waals surface area contributed by atoms with Gasteiger partial charge in [0, 0.05) is 0 Å². The smallest absolute Gasteiger partial charge is 0.303 e. The average Bonchev–Trinajstić information content (AvgIpc) is 2.03. The normalized spacial score (nSPS) is 34.5. The molecule has 0 unspecified atom stereocenters. The second kappa shape index (κ2) is 4.09. The van der Waals surface area contributed by atoms with Gasteiger partial charge in [-0.1, -0.05) is 19.8 Å². The summed E-state index contributed by atoms with van der Waals surface area (Å²) in [5.41, 5.74) is 5.58. The van der Waals surface area contributed by atoms with Gasteiger partial charge < -0.3 is 10.8 Å². The second-order valence-corrected chi connectivity index (χ2v) is 4.48. The Morgan fingerprint density at radius 2 is 2.38 bits per heavy atom. The minimum Gasteiger partial charge on any atom is -0.481 e. The van der Waals surface area contributed by atoms with Crippen molar-refractivity contribution in [2.24, 2.45) is 17.1 Å². The fourth-order valence-corrected chi connectivity index (χ4v) is 2.51. The standard InChI is InChI=1S/C10H19NO2/c1-8-3-2-4-10(5-8,7-11)6-9(12)13/h8H,2-7,11H2,1H3,(H,12,13)/t8-,10+/m0/s1. The molecule has 0 heterocycles. The van der Waals surface area contributed by atoms with Gasteiger partial charge in [0.15, 0.2) is 0 Å². The summed E-state index contributed by atoms with van der Waals surface area (Å²) in [7, 11) is 0. The highest BCUT2D eigenvalue weighted by Gasteiger charge is 2.35. The Morgan fingerprint density at radius 1 is 1.69 bits per heavy atom. The molecule has 0 aliphatic heterocycles. The first-order chi connectivity index (χ1) is 6.08. The van der Waals surface area contributed by atoms with Crippen molar-refractivity contribution >= 4 is 5.97 Å². The Bertz CT molecular complexity index is 193. The van der Waals surface area contributed by atoms with Crippen LogP contribution in [-0.4, -0.2) is 17.6 Å². The van der Waals surface area contributed by atoms with Crippen LogP contribution < -0.4 is 5.73 Å². The third-order valence-electron chi connectivity index (χ3n) is 3.14. The minimum absolute atomic E-state index is 0.108. The molecular formula is C10H19NO2. The summed E-state index contributed by atoms with van der Waals surface area (Å²) in [5.74, 6) is -0.0730. The van der Waals surface area contributed by atoms with E-state index in [1.165, 1.54) is 6.42 Å². The molecule has 0 saturated heterocycles. The maximum Gasteiger partial charge on any atom is 0.303 e. The first-order valence-electron chi connectivity index (χ1n) is 5.00. The van der Waals surface area contributed by atoms with E-state index in [9.17, 15) is 4.79 Å². The van der Waals surface area contributed by atoms with Crippen molar-refractivity contribution in [2.45, 2.75) is 39.0 Å². The van der Waals surface area contributed by atoms with Crippen molar-refractivity contribution < 1.29 is 9.90 Å². The van der Waals surface area contributed by atoms with Gasteiger partial charge in [-0.15, -0.1) is 0 Å². The highest BCUT2D eigenvalue weighted by Crippen LogP contribution is 2.41. The van der Waals surface area contributed by atoms with Crippen molar-refractivity contribution in [2.75, 3.05) is 6.54 Å². The quantitative estimate of drug-likeness (QED) is 0.702. The number of hydrogen-bond acceptors (Lipinski definition) is 2. The predicted octanol–water partition coefficient (Wildman–Crippen LogP) is 1.62. The zero-order valence-corrected chi connectivity index (χ0v) is 8.25. The van der Waals surface area contributed by atoms with E-state index in [1.54, 1.807) is 0 Å². The summed E-state index contributed by atoms with van der Waals surface area (Å²) in [5, 5.41) is 8.79. The van der Waals surface area contributed by atoms with E-state index in [1.807, 2.05) is 0 Å². The highest BCUT2D eigenvalue weighted by molar-refractivity contribution is 5.67. The number of carbonyl (C=O) groups is 1. The molecule has 1 aliphatic rings. The third-order valence-corrected chi connectivity index (χ3v) is 3.14. The van der Waals surface area contributed by atoms with E-state index in [4.69, 9.17) is 10.8 Å². The summed E-state index contributed by atoms with van der Waals surface area (Å²) < 4.78 is 0. The maximum absolute atomic E-state index is 10.7. The van der Waals surface area contributed by atoms with Crippen molar-refractivity contribution in [3.05, 3.63) is 0 Å². The molecule has 76 valence electrons. The minimum atomic E-state index is -0.709. The van der Waals surface area contributed by atoms with Crippen LogP contribution in [0.25, 0.3) is 0 Å². The number of carboxylic acid groups (broad SMARTS) is 1. The molecule has 0 bridgehead atoms. The zero-order chi connectivity index (χ0) is 9.90. The molecule has 0 aromatic heterocycles. The Labute approximate surface area is 79.3 Å². The Morgan fingerprint density at radius 3 is 2.85 bits per heavy atom. The number of rotatable bonds is 3. The summed E-state index contributed by atoms with van der Waals surface area (Å²) in [6.45, 7) is 2.70. The molecule has 1 saturated carbocycles. The van der Waals surface area contributed by atoms with E-state index in [0.717, 1.165) is 19.3 Å². The SMILES string of the molecule is C[C@H]1CCC[C@](CN)(CC(=O)O)C1. The molecule has 3 heteroatoms. The Kier molecular flexibility index (Phi) is 3.31. The van der Waals surface area contributed by atoms with E-state index in [0.29, 0.717) is 12.5 Å². The van der Waals surface area contributed by atoms with Gasteiger partial charge in [-0.25, -0.2) is 0 Å². The van der Waals surface area contributed by atoms with E-state index >= 15 is 0 Å². The van der Waals surface area contributed by atoms with Crippen molar-refractivity contribution in [1.82, 2.24) is 0 Å². The molecule has 3 N–H and O–H groups in total. The fourth-order valence-electron chi connectivity index (χ4n) is 2.51. The van der Waals surface area contributed by atoms with Gasteiger partial charge in [0.2, 0.25) is 0 Å². The first-order valence-corrected chi connectivity index (χ1v) is 5.00. The molecule has 0 aromatic rings. The molecular weight excluding hydrogens is 166 g/mol. The fraction of sp³-hybridized carbons (Fsp3) is 0.900. The monoisotopic (exact) mass is 185 g/mol. The third kappa shape index (κ3) is 2.69. The van der Waals surface area contributed by atoms with Gasteiger partial charge in [0.1, 0.15) is 0 Å². The van der Waals surface area contributed by atoms with Gasteiger partial charge in [-0.05, 0) is 30.7 Å². The van der Waals surface area contributed by atoms with Gasteiger partial charge in [-0.2, -0.15) is 0 Å². The van der Waals surface area contributed by atoms with Crippen LogP contribution in [0.3, 0.4) is 0 Å². The summed E-state index contributed by atoms with van der Waals surface area (Å²) in [4.78, 5) is 10.7. The van der Waals surface area contributed by atoms with Crippen molar-refractivity contribution in [1.29, 1.82) is 0 Å². The van der Waals surface area contributed by atoms with Crippen LogP contribution in [0.15, 0.2) is 0 Å². The number of hydrogen-bond donors (Lipinski definition) is 2. The van der Waals surface area contributed by atoms with E-state index in [-0.39, 0.29) is 11.8 Å². The van der Waals surface area contributed by atoms with Crippen LogP contribution in [0.1, 0.15) is 39.0 Å². The van der Waals surface area contributed by atoms with Gasteiger partial charge >= 0.3 is 5.97 Å². The van der Waals surface area contributed by atoms with Crippen LogP contribution >= 0.6 is 0 Å². The largest absolute Gasteiger partial charge is 0.481 e. The topological polar surface area (TPSA) is 63.3 Å². The van der Waals surface area contributed by atoms with Crippen LogP contribution in [0, 0.1) is 11.3 Å². The number of aliphatic carboxylic acids is 1. The van der Waals surface area contributed by atoms with Gasteiger partial charge in [0.25, 0.3) is 0 Å². The Balaban J connectivity index is 2.61. The van der Waals surface area contributed by atoms with Crippen molar-refractivity contribution in [3.8, 4) is 0 Å². The molecule has 13 heavy (non-hydrogen) atoms. The summed E-state index contributed by atoms with van der Waals surface area (Å²) in [6, 6.07) is 0. The van der Waals surface area contributed by atoms with Crippen LogP contribution in [0.4, 0.5) is 0 Å². The van der Waals surface area contributed by atoms with E-state index < -0.39 is 5.97 Å². The second-order valence-electron chi connectivity index (χ2n) is 4.48. The first kappa shape index (κ1) is 10.5. The molecule has 1 fully saturated rings. The maximum atomic E-state index is 10.7. The lowest BCUT2D eigenvalue weighted by Gasteiger charge is -2.38. The van der Waals surface area contributed by atoms with Crippen LogP contribution in [-0.2, 0) is 4.79 Å². The summed E-state index contributed by atoms with van der Waals surface area (Å²) >= 11 is 0. The molecule has 1 rings (SSSR count). The molecule has 0 aromatic carbocycles. The molecule has 0 spiro atoms. The van der Waals surface area contributed by atoms with Crippen molar-refractivity contribution in [3.63, 3.8) is 0 Å². The van der Waals surface area contributed by atoms with Gasteiger partial charge in [0.05, 0.1) is 6.42 Å². The molecule has 0 radical (unpaired) electrons. The van der Waals surface area contributed by atoms with Gasteiger partial charge in [-0.3, -0.25) is 4.79 Å². The lowest BCUT2D eigenvalue weighted by molar-refractivity contribution is -0.140. The molecule has 1 aliphatic carbocycles. The summed E-state index contributed by atoms with van der Waals surface area (Å²) in [6.07, 6.45) is 4.57.